The molecule has 1 saturated carbocycles. The van der Waals surface area contributed by atoms with E-state index in [4.69, 9.17) is 0 Å². The molecule has 1 aromatic rings. The molecule has 1 fully saturated rings. The molecule has 0 aromatic heterocycles. The average molecular weight is 403 g/mol. The van der Waals surface area contributed by atoms with E-state index in [1.807, 2.05) is 0 Å². The van der Waals surface area contributed by atoms with Crippen LogP contribution < -0.4 is 10.0 Å². The number of carbonyl (C=O) groups excluding carboxylic acids is 1. The van der Waals surface area contributed by atoms with Gasteiger partial charge in [-0.05, 0) is 37.0 Å². The third-order valence-electron chi connectivity index (χ3n) is 4.21. The second-order valence-corrected chi connectivity index (χ2v) is 8.72. The van der Waals surface area contributed by atoms with Gasteiger partial charge in [0.1, 0.15) is 0 Å². The van der Waals surface area contributed by atoms with E-state index in [2.05, 4.69) is 32.9 Å². The Bertz CT molecular complexity index is 648. The summed E-state index contributed by atoms with van der Waals surface area (Å²) in [5.74, 6) is 0.395. The molecule has 2 atom stereocenters. The highest BCUT2D eigenvalue weighted by Gasteiger charge is 2.22. The fourth-order valence-electron chi connectivity index (χ4n) is 2.83. The number of sulfonamides is 1. The smallest absolute Gasteiger partial charge is 0.240 e. The molecule has 128 valence electrons. The van der Waals surface area contributed by atoms with Crippen molar-refractivity contribution in [3.8, 4) is 0 Å². The highest BCUT2D eigenvalue weighted by Crippen LogP contribution is 2.23. The third kappa shape index (κ3) is 5.58. The van der Waals surface area contributed by atoms with Crippen molar-refractivity contribution in [1.29, 1.82) is 0 Å². The van der Waals surface area contributed by atoms with Crippen LogP contribution in [0.3, 0.4) is 0 Å². The molecular formula is C16H23BrN2O3S. The van der Waals surface area contributed by atoms with Gasteiger partial charge in [-0.15, -0.1) is 0 Å². The third-order valence-corrected chi connectivity index (χ3v) is 6.16. The lowest BCUT2D eigenvalue weighted by atomic mass is 9.86. The summed E-state index contributed by atoms with van der Waals surface area (Å²) in [5, 5.41) is 3.02. The summed E-state index contributed by atoms with van der Waals surface area (Å²) >= 11 is 3.25. The van der Waals surface area contributed by atoms with E-state index in [9.17, 15) is 13.2 Å². The SMILES string of the molecule is CC1CCCCC1NC(=O)CCNS(=O)(=O)c1cccc(Br)c1. The normalized spacial score (nSPS) is 21.8. The Morgan fingerprint density at radius 1 is 1.30 bits per heavy atom. The summed E-state index contributed by atoms with van der Waals surface area (Å²) in [5.41, 5.74) is 0. The van der Waals surface area contributed by atoms with Crippen molar-refractivity contribution in [2.24, 2.45) is 5.92 Å². The van der Waals surface area contributed by atoms with E-state index in [0.29, 0.717) is 10.4 Å². The van der Waals surface area contributed by atoms with E-state index in [0.717, 1.165) is 19.3 Å². The number of hydrogen-bond acceptors (Lipinski definition) is 3. The van der Waals surface area contributed by atoms with Crippen molar-refractivity contribution in [1.82, 2.24) is 10.0 Å². The molecule has 1 aliphatic carbocycles. The average Bonchev–Trinajstić information content (AvgIpc) is 2.49. The van der Waals surface area contributed by atoms with Crippen molar-refractivity contribution in [3.05, 3.63) is 28.7 Å². The molecule has 2 N–H and O–H groups in total. The highest BCUT2D eigenvalue weighted by molar-refractivity contribution is 9.10. The number of halogens is 1. The molecule has 0 radical (unpaired) electrons. The van der Waals surface area contributed by atoms with Gasteiger partial charge in [0.05, 0.1) is 4.90 Å². The van der Waals surface area contributed by atoms with E-state index >= 15 is 0 Å². The number of amides is 1. The monoisotopic (exact) mass is 402 g/mol. The molecule has 7 heteroatoms. The number of nitrogens with one attached hydrogen (secondary N) is 2. The van der Waals surface area contributed by atoms with Crippen LogP contribution in [0.5, 0.6) is 0 Å². The Balaban J connectivity index is 1.80. The van der Waals surface area contributed by atoms with Gasteiger partial charge < -0.3 is 5.32 Å². The number of rotatable bonds is 6. The molecule has 0 saturated heterocycles. The maximum absolute atomic E-state index is 12.1. The molecule has 2 unspecified atom stereocenters. The van der Waals surface area contributed by atoms with Gasteiger partial charge in [-0.25, -0.2) is 13.1 Å². The molecule has 1 amide bonds. The summed E-state index contributed by atoms with van der Waals surface area (Å²) < 4.78 is 27.5. The lowest BCUT2D eigenvalue weighted by Crippen LogP contribution is -2.42. The van der Waals surface area contributed by atoms with Crippen molar-refractivity contribution in [2.45, 2.75) is 50.0 Å². The molecule has 1 aromatic carbocycles. The first kappa shape index (κ1) is 18.4. The summed E-state index contributed by atoms with van der Waals surface area (Å²) in [6, 6.07) is 6.70. The van der Waals surface area contributed by atoms with Crippen molar-refractivity contribution < 1.29 is 13.2 Å². The van der Waals surface area contributed by atoms with Crippen LogP contribution in [-0.2, 0) is 14.8 Å². The number of carbonyl (C=O) groups is 1. The quantitative estimate of drug-likeness (QED) is 0.767. The Morgan fingerprint density at radius 2 is 2.04 bits per heavy atom. The summed E-state index contributed by atoms with van der Waals surface area (Å²) in [6.07, 6.45) is 4.67. The summed E-state index contributed by atoms with van der Waals surface area (Å²) in [7, 11) is -3.58. The van der Waals surface area contributed by atoms with Crippen molar-refractivity contribution in [3.63, 3.8) is 0 Å². The first-order valence-electron chi connectivity index (χ1n) is 7.93. The van der Waals surface area contributed by atoms with E-state index < -0.39 is 10.0 Å². The van der Waals surface area contributed by atoms with Crippen molar-refractivity contribution in [2.75, 3.05) is 6.54 Å². The van der Waals surface area contributed by atoms with E-state index in [1.54, 1.807) is 12.1 Å². The zero-order valence-electron chi connectivity index (χ0n) is 13.2. The first-order chi connectivity index (χ1) is 10.9. The standard InChI is InChI=1S/C16H23BrN2O3S/c1-12-5-2-3-8-15(12)19-16(20)9-10-18-23(21,22)14-7-4-6-13(17)11-14/h4,6-7,11-12,15,18H,2-3,5,8-10H2,1H3,(H,19,20). The first-order valence-corrected chi connectivity index (χ1v) is 10.2. The Hall–Kier alpha value is -0.920. The van der Waals surface area contributed by atoms with Crippen LogP contribution >= 0.6 is 15.9 Å². The van der Waals surface area contributed by atoms with Crippen LogP contribution in [-0.4, -0.2) is 26.9 Å². The van der Waals surface area contributed by atoms with Crippen molar-refractivity contribution >= 4 is 31.9 Å². The second-order valence-electron chi connectivity index (χ2n) is 6.04. The van der Waals surface area contributed by atoms with Gasteiger partial charge in [-0.2, -0.15) is 0 Å². The molecule has 2 rings (SSSR count). The number of hydrogen-bond donors (Lipinski definition) is 2. The second kappa shape index (κ2) is 8.26. The fourth-order valence-corrected chi connectivity index (χ4v) is 4.45. The van der Waals surface area contributed by atoms with Gasteiger partial charge in [0.15, 0.2) is 0 Å². The van der Waals surface area contributed by atoms with Crippen LogP contribution in [0.4, 0.5) is 0 Å². The Kier molecular flexibility index (Phi) is 6.61. The Morgan fingerprint density at radius 3 is 2.74 bits per heavy atom. The topological polar surface area (TPSA) is 75.3 Å². The van der Waals surface area contributed by atoms with Gasteiger partial charge >= 0.3 is 0 Å². The van der Waals surface area contributed by atoms with Crippen LogP contribution in [0.15, 0.2) is 33.6 Å². The lowest BCUT2D eigenvalue weighted by molar-refractivity contribution is -0.122. The van der Waals surface area contributed by atoms with Crippen LogP contribution in [0.25, 0.3) is 0 Å². The summed E-state index contributed by atoms with van der Waals surface area (Å²) in [4.78, 5) is 12.2. The zero-order valence-corrected chi connectivity index (χ0v) is 15.6. The summed E-state index contributed by atoms with van der Waals surface area (Å²) in [6.45, 7) is 2.25. The molecule has 0 spiro atoms. The zero-order chi connectivity index (χ0) is 16.9. The Labute approximate surface area is 146 Å². The molecule has 23 heavy (non-hydrogen) atoms. The maximum Gasteiger partial charge on any atom is 0.240 e. The molecule has 1 aliphatic rings. The van der Waals surface area contributed by atoms with Gasteiger partial charge in [0.2, 0.25) is 15.9 Å². The fraction of sp³-hybridized carbons (Fsp3) is 0.562. The highest BCUT2D eigenvalue weighted by atomic mass is 79.9. The lowest BCUT2D eigenvalue weighted by Gasteiger charge is -2.29. The van der Waals surface area contributed by atoms with E-state index in [-0.39, 0.29) is 29.8 Å². The van der Waals surface area contributed by atoms with E-state index in [1.165, 1.54) is 18.6 Å². The van der Waals surface area contributed by atoms with Gasteiger partial charge in [-0.1, -0.05) is 41.8 Å². The molecule has 0 heterocycles. The minimum absolute atomic E-state index is 0.0966. The predicted octanol–water partition coefficient (Wildman–Crippen LogP) is 2.81. The largest absolute Gasteiger partial charge is 0.353 e. The molecule has 0 aliphatic heterocycles. The van der Waals surface area contributed by atoms with Crippen LogP contribution in [0.2, 0.25) is 0 Å². The van der Waals surface area contributed by atoms with Crippen LogP contribution in [0, 0.1) is 5.92 Å². The van der Waals surface area contributed by atoms with Gasteiger partial charge in [-0.3, -0.25) is 4.79 Å². The minimum Gasteiger partial charge on any atom is -0.353 e. The van der Waals surface area contributed by atoms with Crippen LogP contribution in [0.1, 0.15) is 39.0 Å². The molecule has 0 bridgehead atoms. The minimum atomic E-state index is -3.58. The molecule has 5 nitrogen and oxygen atoms in total. The molecular weight excluding hydrogens is 380 g/mol. The predicted molar refractivity (Wildman–Crippen MR) is 93.5 cm³/mol. The van der Waals surface area contributed by atoms with Gasteiger partial charge in [0, 0.05) is 23.5 Å². The van der Waals surface area contributed by atoms with Gasteiger partial charge in [0.25, 0.3) is 0 Å². The maximum atomic E-state index is 12.1. The number of benzene rings is 1.